The fourth-order valence-corrected chi connectivity index (χ4v) is 4.14. The molecule has 11 heteroatoms. The molecular weight excluding hydrogens is 475 g/mol. The third kappa shape index (κ3) is 4.49. The number of fused-ring (bicyclic) bond motifs is 1. The highest BCUT2D eigenvalue weighted by Crippen LogP contribution is 2.35. The second kappa shape index (κ2) is 9.23. The first kappa shape index (κ1) is 23.7. The lowest BCUT2D eigenvalue weighted by Crippen LogP contribution is -2.39. The van der Waals surface area contributed by atoms with Gasteiger partial charge in [-0.25, -0.2) is 4.98 Å². The van der Waals surface area contributed by atoms with Crippen molar-refractivity contribution in [3.63, 3.8) is 0 Å². The number of nitrogens with zero attached hydrogens (tertiary/aromatic N) is 3. The van der Waals surface area contributed by atoms with Crippen LogP contribution in [-0.2, 0) is 10.9 Å². The van der Waals surface area contributed by atoms with Gasteiger partial charge in [0.2, 0.25) is 0 Å². The summed E-state index contributed by atoms with van der Waals surface area (Å²) in [5.74, 6) is 0.123. The molecule has 8 nitrogen and oxygen atoms in total. The van der Waals surface area contributed by atoms with Crippen LogP contribution in [0.25, 0.3) is 22.0 Å². The Kier molecular flexibility index (Phi) is 6.09. The number of halogens is 3. The molecule has 3 heterocycles. The van der Waals surface area contributed by atoms with Crippen LogP contribution in [0, 0.1) is 5.92 Å². The predicted octanol–water partition coefficient (Wildman–Crippen LogP) is 3.79. The first-order valence-electron chi connectivity index (χ1n) is 11.3. The van der Waals surface area contributed by atoms with E-state index >= 15 is 0 Å². The van der Waals surface area contributed by atoms with Crippen molar-refractivity contribution < 1.29 is 22.7 Å². The van der Waals surface area contributed by atoms with Gasteiger partial charge in [0.15, 0.2) is 0 Å². The second-order valence-corrected chi connectivity index (χ2v) is 8.76. The molecule has 2 aromatic heterocycles. The molecule has 1 fully saturated rings. The zero-order valence-electron chi connectivity index (χ0n) is 19.2. The van der Waals surface area contributed by atoms with Crippen molar-refractivity contribution in [3.05, 3.63) is 82.2 Å². The molecule has 0 saturated carbocycles. The Morgan fingerprint density at radius 3 is 2.78 bits per heavy atom. The van der Waals surface area contributed by atoms with Gasteiger partial charge < -0.3 is 10.1 Å². The summed E-state index contributed by atoms with van der Waals surface area (Å²) in [5, 5.41) is 8.66. The normalized spacial score (nSPS) is 15.0. The van der Waals surface area contributed by atoms with Crippen molar-refractivity contribution in [2.75, 3.05) is 19.8 Å². The van der Waals surface area contributed by atoms with Crippen molar-refractivity contribution in [1.82, 2.24) is 25.1 Å². The van der Waals surface area contributed by atoms with E-state index in [0.717, 1.165) is 11.8 Å². The summed E-state index contributed by atoms with van der Waals surface area (Å²) in [4.78, 5) is 30.1. The summed E-state index contributed by atoms with van der Waals surface area (Å²) in [6.45, 7) is 3.63. The van der Waals surface area contributed by atoms with E-state index < -0.39 is 17.9 Å². The molecule has 36 heavy (non-hydrogen) atoms. The van der Waals surface area contributed by atoms with Gasteiger partial charge in [-0.15, -0.1) is 0 Å². The van der Waals surface area contributed by atoms with E-state index in [2.05, 4.69) is 15.4 Å². The van der Waals surface area contributed by atoms with Crippen LogP contribution in [0.5, 0.6) is 0 Å². The Labute approximate surface area is 203 Å². The van der Waals surface area contributed by atoms with E-state index in [-0.39, 0.29) is 33.5 Å². The van der Waals surface area contributed by atoms with E-state index in [9.17, 15) is 22.8 Å². The number of hydrogen-bond donors (Lipinski definition) is 2. The lowest BCUT2D eigenvalue weighted by Gasteiger charge is -2.26. The van der Waals surface area contributed by atoms with Crippen LogP contribution >= 0.6 is 0 Å². The molecule has 1 amide bonds. The average molecular weight is 497 g/mol. The largest absolute Gasteiger partial charge is 0.433 e. The van der Waals surface area contributed by atoms with Crippen molar-refractivity contribution in [2.45, 2.75) is 19.1 Å². The zero-order valence-corrected chi connectivity index (χ0v) is 19.2. The summed E-state index contributed by atoms with van der Waals surface area (Å²) >= 11 is 0. The summed E-state index contributed by atoms with van der Waals surface area (Å²) < 4.78 is 46.3. The summed E-state index contributed by atoms with van der Waals surface area (Å²) in [6, 6.07) is 10.9. The monoisotopic (exact) mass is 497 g/mol. The molecule has 5 rings (SSSR count). The third-order valence-corrected chi connectivity index (χ3v) is 6.32. The van der Waals surface area contributed by atoms with Crippen LogP contribution in [-0.4, -0.2) is 45.4 Å². The highest BCUT2D eigenvalue weighted by molar-refractivity contribution is 5.94. The second-order valence-electron chi connectivity index (χ2n) is 8.76. The fraction of sp³-hybridized carbons (Fsp3) is 0.280. The van der Waals surface area contributed by atoms with E-state index in [4.69, 9.17) is 4.74 Å². The number of alkyl halides is 3. The molecule has 1 aliphatic heterocycles. The zero-order chi connectivity index (χ0) is 25.4. The first-order valence-corrected chi connectivity index (χ1v) is 11.3. The molecule has 1 saturated heterocycles. The maximum atomic E-state index is 13.3. The van der Waals surface area contributed by atoms with Gasteiger partial charge in [-0.05, 0) is 42.3 Å². The standard InChI is InChI=1S/C25H22F3N5O3/c1-14(16-3-2-4-18(7-16)23(34)29-9-15-11-36-12-15)33-13-30-21-8-17(5-6-19(21)24(33)35)20-10-31-32-22(20)25(26,27)28/h2-8,10,13-15H,9,11-12H2,1H3,(H,29,34)(H,31,32)/t14-/m1/s1. The smallest absolute Gasteiger partial charge is 0.381 e. The van der Waals surface area contributed by atoms with Crippen LogP contribution < -0.4 is 10.9 Å². The van der Waals surface area contributed by atoms with Gasteiger partial charge in [-0.2, -0.15) is 18.3 Å². The van der Waals surface area contributed by atoms with Gasteiger partial charge in [-0.1, -0.05) is 18.2 Å². The number of carbonyl (C=O) groups is 1. The predicted molar refractivity (Wildman–Crippen MR) is 125 cm³/mol. The van der Waals surface area contributed by atoms with Crippen molar-refractivity contribution in [3.8, 4) is 11.1 Å². The molecule has 0 spiro atoms. The number of amides is 1. The minimum atomic E-state index is -4.59. The van der Waals surface area contributed by atoms with Crippen LogP contribution in [0.15, 0.2) is 59.8 Å². The molecule has 1 atom stereocenters. The molecule has 0 radical (unpaired) electrons. The highest BCUT2D eigenvalue weighted by Gasteiger charge is 2.36. The van der Waals surface area contributed by atoms with Gasteiger partial charge in [0.25, 0.3) is 11.5 Å². The minimum Gasteiger partial charge on any atom is -0.381 e. The van der Waals surface area contributed by atoms with E-state index in [0.29, 0.717) is 31.2 Å². The molecule has 186 valence electrons. The molecule has 4 aromatic rings. The first-order chi connectivity index (χ1) is 17.2. The maximum Gasteiger partial charge on any atom is 0.433 e. The number of H-pyrrole nitrogens is 1. The Hall–Kier alpha value is -3.99. The van der Waals surface area contributed by atoms with Gasteiger partial charge in [0.1, 0.15) is 5.69 Å². The summed E-state index contributed by atoms with van der Waals surface area (Å²) in [6.07, 6.45) is -2.14. The van der Waals surface area contributed by atoms with Gasteiger partial charge >= 0.3 is 6.18 Å². The van der Waals surface area contributed by atoms with Crippen LogP contribution in [0.4, 0.5) is 13.2 Å². The fourth-order valence-electron chi connectivity index (χ4n) is 4.14. The topological polar surface area (TPSA) is 102 Å². The van der Waals surface area contributed by atoms with Gasteiger partial charge in [0.05, 0.1) is 42.7 Å². The quantitative estimate of drug-likeness (QED) is 0.422. The number of aromatic amines is 1. The van der Waals surface area contributed by atoms with E-state index in [1.54, 1.807) is 18.2 Å². The number of benzene rings is 2. The van der Waals surface area contributed by atoms with Crippen molar-refractivity contribution in [1.29, 1.82) is 0 Å². The number of ether oxygens (including phenoxy) is 1. The van der Waals surface area contributed by atoms with E-state index in [1.807, 2.05) is 18.1 Å². The minimum absolute atomic E-state index is 0.122. The van der Waals surface area contributed by atoms with Crippen LogP contribution in [0.3, 0.4) is 0 Å². The highest BCUT2D eigenvalue weighted by atomic mass is 19.4. The Balaban J connectivity index is 1.42. The number of rotatable bonds is 6. The average Bonchev–Trinajstić information content (AvgIpc) is 3.34. The van der Waals surface area contributed by atoms with Gasteiger partial charge in [-0.3, -0.25) is 19.3 Å². The van der Waals surface area contributed by atoms with Crippen LogP contribution in [0.2, 0.25) is 0 Å². The molecule has 0 unspecified atom stereocenters. The number of hydrogen-bond acceptors (Lipinski definition) is 5. The Morgan fingerprint density at radius 2 is 2.06 bits per heavy atom. The molecule has 0 bridgehead atoms. The number of nitrogens with one attached hydrogen (secondary N) is 2. The SMILES string of the molecule is C[C@H](c1cccc(C(=O)NCC2COC2)c1)n1cnc2cc(-c3cn[nH]c3C(F)(F)F)ccc2c1=O. The molecule has 0 aliphatic carbocycles. The van der Waals surface area contributed by atoms with E-state index in [1.165, 1.54) is 29.1 Å². The number of aromatic nitrogens is 4. The molecule has 2 N–H and O–H groups in total. The maximum absolute atomic E-state index is 13.3. The molecule has 1 aliphatic rings. The molecule has 2 aromatic carbocycles. The van der Waals surface area contributed by atoms with Gasteiger partial charge in [0, 0.05) is 23.6 Å². The van der Waals surface area contributed by atoms with Crippen LogP contribution in [0.1, 0.15) is 34.6 Å². The Bertz CT molecular complexity index is 1490. The number of carbonyl (C=O) groups excluding carboxylic acids is 1. The summed E-state index contributed by atoms with van der Waals surface area (Å²) in [5.41, 5.74) is 0.297. The molecular formula is C25H22F3N5O3. The van der Waals surface area contributed by atoms with Crippen molar-refractivity contribution in [2.24, 2.45) is 5.92 Å². The Morgan fingerprint density at radius 1 is 1.25 bits per heavy atom. The third-order valence-electron chi connectivity index (χ3n) is 6.32. The summed E-state index contributed by atoms with van der Waals surface area (Å²) in [7, 11) is 0. The van der Waals surface area contributed by atoms with Crippen molar-refractivity contribution >= 4 is 16.8 Å². The lowest BCUT2D eigenvalue weighted by atomic mass is 10.0. The lowest BCUT2D eigenvalue weighted by molar-refractivity contribution is -0.140.